The summed E-state index contributed by atoms with van der Waals surface area (Å²) in [4.78, 5) is 30.1. The molecule has 0 aliphatic carbocycles. The summed E-state index contributed by atoms with van der Waals surface area (Å²) in [6.45, 7) is 2.94. The van der Waals surface area contributed by atoms with Crippen molar-refractivity contribution in [3.63, 3.8) is 0 Å². The third kappa shape index (κ3) is 1.92. The summed E-state index contributed by atoms with van der Waals surface area (Å²) < 4.78 is 3.36. The van der Waals surface area contributed by atoms with E-state index in [9.17, 15) is 9.59 Å². The topological polar surface area (TPSA) is 60.1 Å². The van der Waals surface area contributed by atoms with Crippen molar-refractivity contribution in [3.8, 4) is 0 Å². The van der Waals surface area contributed by atoms with Crippen molar-refractivity contribution in [3.05, 3.63) is 28.8 Å². The minimum Gasteiger partial charge on any atom is -0.341 e. The van der Waals surface area contributed by atoms with Gasteiger partial charge >= 0.3 is 5.69 Å². The number of likely N-dealkylation sites (tertiary alicyclic amines) is 1. The molecular formula is C14H18N4O2. The molecule has 3 heterocycles. The first-order chi connectivity index (χ1) is 9.59. The maximum atomic E-state index is 12.4. The standard InChI is InChI=1S/C14H18N4O2/c1-10(19)17-8-4-5-11(9-17)18-13-12(6-3-7-15-13)16(2)14(18)20/h3,6-7,11H,4-5,8-9H2,1-2H3/t11-/m0/s1. The molecule has 6 nitrogen and oxygen atoms in total. The van der Waals surface area contributed by atoms with Gasteiger partial charge in [0.2, 0.25) is 5.91 Å². The number of carbonyl (C=O) groups excluding carboxylic acids is 1. The lowest BCUT2D eigenvalue weighted by atomic mass is 10.1. The van der Waals surface area contributed by atoms with Crippen molar-refractivity contribution in [2.45, 2.75) is 25.8 Å². The molecule has 1 aliphatic heterocycles. The number of piperidine rings is 1. The molecule has 0 N–H and O–H groups in total. The number of hydrogen-bond acceptors (Lipinski definition) is 3. The van der Waals surface area contributed by atoms with Gasteiger partial charge in [-0.2, -0.15) is 0 Å². The van der Waals surface area contributed by atoms with Gasteiger partial charge in [-0.25, -0.2) is 9.78 Å². The van der Waals surface area contributed by atoms with Crippen LogP contribution in [0.5, 0.6) is 0 Å². The molecule has 1 atom stereocenters. The number of pyridine rings is 1. The highest BCUT2D eigenvalue weighted by Gasteiger charge is 2.26. The Balaban J connectivity index is 2.08. The normalized spacial score (nSPS) is 19.5. The minimum atomic E-state index is -0.0610. The second-order valence-corrected chi connectivity index (χ2v) is 5.32. The molecule has 0 bridgehead atoms. The lowest BCUT2D eigenvalue weighted by molar-refractivity contribution is -0.130. The fourth-order valence-electron chi connectivity index (χ4n) is 2.97. The maximum Gasteiger partial charge on any atom is 0.330 e. The van der Waals surface area contributed by atoms with Crippen LogP contribution in [0.4, 0.5) is 0 Å². The van der Waals surface area contributed by atoms with Crippen LogP contribution in [-0.2, 0) is 11.8 Å². The second kappa shape index (κ2) is 4.77. The van der Waals surface area contributed by atoms with Gasteiger partial charge in [-0.3, -0.25) is 13.9 Å². The van der Waals surface area contributed by atoms with E-state index in [-0.39, 0.29) is 17.6 Å². The van der Waals surface area contributed by atoms with Gasteiger partial charge in [-0.15, -0.1) is 0 Å². The average molecular weight is 274 g/mol. The highest BCUT2D eigenvalue weighted by atomic mass is 16.2. The van der Waals surface area contributed by atoms with Crippen LogP contribution in [0.2, 0.25) is 0 Å². The number of fused-ring (bicyclic) bond motifs is 1. The van der Waals surface area contributed by atoms with Gasteiger partial charge < -0.3 is 4.90 Å². The molecular weight excluding hydrogens is 256 g/mol. The molecule has 1 fully saturated rings. The summed E-state index contributed by atoms with van der Waals surface area (Å²) >= 11 is 0. The van der Waals surface area contributed by atoms with Gasteiger partial charge in [0.05, 0.1) is 11.6 Å². The first kappa shape index (κ1) is 12.9. The Morgan fingerprint density at radius 1 is 1.45 bits per heavy atom. The Morgan fingerprint density at radius 2 is 2.25 bits per heavy atom. The first-order valence-corrected chi connectivity index (χ1v) is 6.87. The Labute approximate surface area is 116 Å². The largest absolute Gasteiger partial charge is 0.341 e. The zero-order valence-electron chi connectivity index (χ0n) is 11.7. The van der Waals surface area contributed by atoms with Crippen LogP contribution in [-0.4, -0.2) is 38.0 Å². The van der Waals surface area contributed by atoms with Crippen molar-refractivity contribution in [2.75, 3.05) is 13.1 Å². The van der Waals surface area contributed by atoms with E-state index in [1.807, 2.05) is 17.0 Å². The van der Waals surface area contributed by atoms with Gasteiger partial charge in [0.25, 0.3) is 0 Å². The highest BCUT2D eigenvalue weighted by Crippen LogP contribution is 2.23. The van der Waals surface area contributed by atoms with Crippen molar-refractivity contribution in [1.82, 2.24) is 19.0 Å². The maximum absolute atomic E-state index is 12.4. The van der Waals surface area contributed by atoms with Gasteiger partial charge in [0.15, 0.2) is 5.65 Å². The molecule has 106 valence electrons. The molecule has 1 aliphatic rings. The Hall–Kier alpha value is -2.11. The molecule has 20 heavy (non-hydrogen) atoms. The summed E-state index contributed by atoms with van der Waals surface area (Å²) in [5.74, 6) is 0.0657. The van der Waals surface area contributed by atoms with E-state index >= 15 is 0 Å². The van der Waals surface area contributed by atoms with E-state index in [2.05, 4.69) is 4.98 Å². The van der Waals surface area contributed by atoms with E-state index in [4.69, 9.17) is 0 Å². The number of nitrogens with zero attached hydrogens (tertiary/aromatic N) is 4. The molecule has 2 aromatic rings. The molecule has 1 amide bonds. The molecule has 1 saturated heterocycles. The van der Waals surface area contributed by atoms with Crippen molar-refractivity contribution < 1.29 is 4.79 Å². The van der Waals surface area contributed by atoms with Crippen LogP contribution in [0.25, 0.3) is 11.2 Å². The molecule has 0 radical (unpaired) electrons. The number of carbonyl (C=O) groups is 1. The van der Waals surface area contributed by atoms with Crippen molar-refractivity contribution >= 4 is 17.1 Å². The Bertz CT molecular complexity index is 716. The summed E-state index contributed by atoms with van der Waals surface area (Å²) in [6, 6.07) is 3.74. The zero-order valence-corrected chi connectivity index (χ0v) is 11.7. The fourth-order valence-corrected chi connectivity index (χ4v) is 2.97. The van der Waals surface area contributed by atoms with Crippen molar-refractivity contribution in [1.29, 1.82) is 0 Å². The predicted octanol–water partition coefficient (Wildman–Crippen LogP) is 0.918. The van der Waals surface area contributed by atoms with Crippen LogP contribution in [0.15, 0.2) is 23.1 Å². The molecule has 0 saturated carbocycles. The fraction of sp³-hybridized carbons (Fsp3) is 0.500. The molecule has 3 rings (SSSR count). The number of aryl methyl sites for hydroxylation is 1. The van der Waals surface area contributed by atoms with Crippen LogP contribution in [0.3, 0.4) is 0 Å². The summed E-state index contributed by atoms with van der Waals surface area (Å²) in [5.41, 5.74) is 1.47. The Morgan fingerprint density at radius 3 is 3.00 bits per heavy atom. The second-order valence-electron chi connectivity index (χ2n) is 5.32. The summed E-state index contributed by atoms with van der Waals surface area (Å²) in [7, 11) is 1.76. The number of rotatable bonds is 1. The van der Waals surface area contributed by atoms with E-state index in [0.717, 1.165) is 24.9 Å². The minimum absolute atomic E-state index is 0.0127. The average Bonchev–Trinajstić information content (AvgIpc) is 2.72. The van der Waals surface area contributed by atoms with E-state index in [1.165, 1.54) is 0 Å². The van der Waals surface area contributed by atoms with Crippen LogP contribution < -0.4 is 5.69 Å². The molecule has 6 heteroatoms. The van der Waals surface area contributed by atoms with E-state index < -0.39 is 0 Å². The van der Waals surface area contributed by atoms with Gasteiger partial charge in [0.1, 0.15) is 0 Å². The predicted molar refractivity (Wildman–Crippen MR) is 75.5 cm³/mol. The van der Waals surface area contributed by atoms with Gasteiger partial charge in [-0.05, 0) is 25.0 Å². The van der Waals surface area contributed by atoms with Gasteiger partial charge in [-0.1, -0.05) is 0 Å². The van der Waals surface area contributed by atoms with Gasteiger partial charge in [0, 0.05) is 33.3 Å². The smallest absolute Gasteiger partial charge is 0.330 e. The summed E-state index contributed by atoms with van der Waals surface area (Å²) in [6.07, 6.45) is 3.52. The third-order valence-electron chi connectivity index (χ3n) is 4.06. The monoisotopic (exact) mass is 274 g/mol. The van der Waals surface area contributed by atoms with Crippen LogP contribution >= 0.6 is 0 Å². The molecule has 2 aromatic heterocycles. The lowest BCUT2D eigenvalue weighted by Gasteiger charge is -2.32. The molecule has 0 unspecified atom stereocenters. The molecule has 0 aromatic carbocycles. The van der Waals surface area contributed by atoms with E-state index in [1.54, 1.807) is 29.3 Å². The Kier molecular flexibility index (Phi) is 3.08. The quantitative estimate of drug-likeness (QED) is 0.777. The zero-order chi connectivity index (χ0) is 14.3. The van der Waals surface area contributed by atoms with Crippen LogP contribution in [0, 0.1) is 0 Å². The number of amides is 1. The lowest BCUT2D eigenvalue weighted by Crippen LogP contribution is -2.42. The summed E-state index contributed by atoms with van der Waals surface area (Å²) in [5, 5.41) is 0. The first-order valence-electron chi connectivity index (χ1n) is 6.87. The SMILES string of the molecule is CC(=O)N1CCC[C@H](n2c(=O)n(C)c3cccnc32)C1. The number of hydrogen-bond donors (Lipinski definition) is 0. The number of imidazole rings is 1. The number of aromatic nitrogens is 3. The molecule has 0 spiro atoms. The van der Waals surface area contributed by atoms with Crippen LogP contribution in [0.1, 0.15) is 25.8 Å². The van der Waals surface area contributed by atoms with Crippen molar-refractivity contribution in [2.24, 2.45) is 7.05 Å². The highest BCUT2D eigenvalue weighted by molar-refractivity contribution is 5.73. The van der Waals surface area contributed by atoms with E-state index in [0.29, 0.717) is 12.2 Å². The third-order valence-corrected chi connectivity index (χ3v) is 4.06.